The summed E-state index contributed by atoms with van der Waals surface area (Å²) in [6, 6.07) is 29.5. The van der Waals surface area contributed by atoms with Crippen LogP contribution in [0.5, 0.6) is 0 Å². The zero-order chi connectivity index (χ0) is 25.2. The molecule has 0 saturated heterocycles. The molecule has 0 radical (unpaired) electrons. The van der Waals surface area contributed by atoms with E-state index in [1.807, 2.05) is 36.4 Å². The van der Waals surface area contributed by atoms with Gasteiger partial charge in [0.15, 0.2) is 0 Å². The number of benzene rings is 3. The fourth-order valence-corrected chi connectivity index (χ4v) is 6.93. The summed E-state index contributed by atoms with van der Waals surface area (Å²) >= 11 is 0. The number of aliphatic hydroxyl groups is 1. The van der Waals surface area contributed by atoms with Crippen molar-refractivity contribution in [2.24, 2.45) is 11.8 Å². The van der Waals surface area contributed by atoms with Gasteiger partial charge in [-0.3, -0.25) is 0 Å². The van der Waals surface area contributed by atoms with Crippen molar-refractivity contribution in [3.8, 4) is 0 Å². The molecule has 2 fully saturated rings. The molecule has 4 nitrogen and oxygen atoms in total. The number of ether oxygens (including phenoxy) is 1. The van der Waals surface area contributed by atoms with Crippen LogP contribution in [-0.2, 0) is 21.6 Å². The van der Waals surface area contributed by atoms with Gasteiger partial charge >= 0.3 is 5.97 Å². The molecule has 0 aromatic heterocycles. The summed E-state index contributed by atoms with van der Waals surface area (Å²) in [5, 5.41) is 11.8. The van der Waals surface area contributed by atoms with Crippen molar-refractivity contribution >= 4 is 5.97 Å². The lowest BCUT2D eigenvalue weighted by Gasteiger charge is -2.39. The maximum atomic E-state index is 13.7. The monoisotopic (exact) mass is 484 g/mol. The molecule has 2 aliphatic carbocycles. The lowest BCUT2D eigenvalue weighted by Crippen LogP contribution is -2.53. The smallest absolute Gasteiger partial charge is 0.347 e. The van der Waals surface area contributed by atoms with Gasteiger partial charge in [0.05, 0.1) is 26.7 Å². The predicted octanol–water partition coefficient (Wildman–Crippen LogP) is 5.34. The Bertz CT molecular complexity index is 1110. The third-order valence-electron chi connectivity index (χ3n) is 8.59. The van der Waals surface area contributed by atoms with Gasteiger partial charge in [-0.25, -0.2) is 4.79 Å². The number of esters is 1. The van der Waals surface area contributed by atoms with Crippen molar-refractivity contribution in [2.75, 3.05) is 20.6 Å². The molecule has 2 bridgehead atoms. The molecule has 3 aromatic carbocycles. The number of hydrogen-bond acceptors (Lipinski definition) is 3. The molecule has 188 valence electrons. The molecule has 0 spiro atoms. The fourth-order valence-electron chi connectivity index (χ4n) is 6.93. The van der Waals surface area contributed by atoms with Crippen LogP contribution in [0.15, 0.2) is 91.0 Å². The van der Waals surface area contributed by atoms with Crippen LogP contribution >= 0.6 is 0 Å². The van der Waals surface area contributed by atoms with E-state index < -0.39 is 11.6 Å². The summed E-state index contributed by atoms with van der Waals surface area (Å²) in [5.41, 5.74) is 0.649. The Morgan fingerprint density at radius 1 is 0.889 bits per heavy atom. The lowest BCUT2D eigenvalue weighted by molar-refractivity contribution is -0.919. The topological polar surface area (TPSA) is 46.5 Å². The maximum Gasteiger partial charge on any atom is 0.347 e. The number of carbonyl (C=O) groups excluding carboxylic acids is 1. The van der Waals surface area contributed by atoms with E-state index in [-0.39, 0.29) is 6.10 Å². The van der Waals surface area contributed by atoms with Crippen LogP contribution < -0.4 is 0 Å². The Labute approximate surface area is 215 Å². The summed E-state index contributed by atoms with van der Waals surface area (Å²) in [4.78, 5) is 13.7. The van der Waals surface area contributed by atoms with Crippen molar-refractivity contribution in [1.82, 2.24) is 0 Å². The van der Waals surface area contributed by atoms with Crippen molar-refractivity contribution in [2.45, 2.75) is 49.9 Å². The number of quaternary nitrogens is 1. The average Bonchev–Trinajstić information content (AvgIpc) is 3.49. The van der Waals surface area contributed by atoms with E-state index >= 15 is 0 Å². The molecule has 2 saturated carbocycles. The third kappa shape index (κ3) is 4.72. The van der Waals surface area contributed by atoms with Crippen LogP contribution in [0.4, 0.5) is 0 Å². The van der Waals surface area contributed by atoms with Crippen molar-refractivity contribution < 1.29 is 19.1 Å². The normalized spacial score (nSPS) is 23.5. The molecular formula is C32H38NO3+. The van der Waals surface area contributed by atoms with Crippen LogP contribution in [0.2, 0.25) is 0 Å². The number of aryl methyl sites for hydroxylation is 1. The van der Waals surface area contributed by atoms with Gasteiger partial charge in [0.2, 0.25) is 5.60 Å². The summed E-state index contributed by atoms with van der Waals surface area (Å²) in [6.07, 6.45) is 5.25. The SMILES string of the molecule is C[N+](C)(CCCc1ccccc1)C1C2CC[C@H]1[C@@H](OC(=O)C(O)(c1ccccc1)c1ccccc1)C2. The standard InChI is InChI=1S/C32H38NO3/c1-33(2,22-12-15-24-13-6-3-7-14-24)30-25-20-21-28(30)29(23-25)36-31(34)32(35,26-16-8-4-9-17-26)27-18-10-5-11-19-27/h3-11,13-14,16-19,25,28-30,35H,12,15,20-23H2,1-2H3/q+1/t25?,28-,29-,30?/m0/s1. The van der Waals surface area contributed by atoms with Gasteiger partial charge in [0, 0.05) is 18.3 Å². The Morgan fingerprint density at radius 3 is 2.03 bits per heavy atom. The first-order valence-electron chi connectivity index (χ1n) is 13.3. The number of hydrogen-bond donors (Lipinski definition) is 1. The summed E-state index contributed by atoms with van der Waals surface area (Å²) in [5.74, 6) is 0.327. The Balaban J connectivity index is 1.30. The van der Waals surface area contributed by atoms with Crippen molar-refractivity contribution in [3.05, 3.63) is 108 Å². The predicted molar refractivity (Wildman–Crippen MR) is 142 cm³/mol. The summed E-state index contributed by atoms with van der Waals surface area (Å²) in [6.45, 7) is 1.10. The number of fused-ring (bicyclic) bond motifs is 2. The van der Waals surface area contributed by atoms with E-state index in [0.29, 0.717) is 29.0 Å². The van der Waals surface area contributed by atoms with E-state index in [4.69, 9.17) is 4.74 Å². The lowest BCUT2D eigenvalue weighted by atomic mass is 9.86. The van der Waals surface area contributed by atoms with Crippen LogP contribution in [0.3, 0.4) is 0 Å². The molecule has 1 N–H and O–H groups in total. The molecule has 0 aliphatic heterocycles. The van der Waals surface area contributed by atoms with Crippen molar-refractivity contribution in [3.63, 3.8) is 0 Å². The van der Waals surface area contributed by atoms with Gasteiger partial charge in [-0.15, -0.1) is 0 Å². The van der Waals surface area contributed by atoms with Gasteiger partial charge in [0.1, 0.15) is 6.10 Å². The van der Waals surface area contributed by atoms with E-state index in [1.165, 1.54) is 12.0 Å². The zero-order valence-corrected chi connectivity index (χ0v) is 21.4. The van der Waals surface area contributed by atoms with E-state index in [9.17, 15) is 9.90 Å². The van der Waals surface area contributed by atoms with Crippen LogP contribution in [0.1, 0.15) is 42.4 Å². The molecule has 4 heteroatoms. The highest BCUT2D eigenvalue weighted by Crippen LogP contribution is 2.50. The van der Waals surface area contributed by atoms with Crippen molar-refractivity contribution in [1.29, 1.82) is 0 Å². The molecule has 4 atom stereocenters. The highest BCUT2D eigenvalue weighted by Gasteiger charge is 2.57. The Kier molecular flexibility index (Phi) is 7.00. The molecule has 2 aliphatic rings. The molecule has 0 amide bonds. The van der Waals surface area contributed by atoms with Gasteiger partial charge in [0.25, 0.3) is 0 Å². The van der Waals surface area contributed by atoms with Gasteiger partial charge in [-0.2, -0.15) is 0 Å². The minimum absolute atomic E-state index is 0.147. The van der Waals surface area contributed by atoms with Crippen LogP contribution in [0.25, 0.3) is 0 Å². The minimum Gasteiger partial charge on any atom is -0.459 e. The first kappa shape index (κ1) is 24.7. The number of nitrogens with zero attached hydrogens (tertiary/aromatic N) is 1. The Hall–Kier alpha value is -2.95. The third-order valence-corrected chi connectivity index (χ3v) is 8.59. The molecule has 0 heterocycles. The first-order valence-corrected chi connectivity index (χ1v) is 13.3. The highest BCUT2D eigenvalue weighted by atomic mass is 16.6. The Morgan fingerprint density at radius 2 is 1.44 bits per heavy atom. The number of carbonyl (C=O) groups is 1. The minimum atomic E-state index is -1.82. The second kappa shape index (κ2) is 10.2. The van der Waals surface area contributed by atoms with E-state index in [0.717, 1.165) is 36.7 Å². The van der Waals surface area contributed by atoms with Crippen LogP contribution in [-0.4, -0.2) is 48.3 Å². The zero-order valence-electron chi connectivity index (χ0n) is 21.4. The highest BCUT2D eigenvalue weighted by molar-refractivity contribution is 5.85. The summed E-state index contributed by atoms with van der Waals surface area (Å²) < 4.78 is 7.18. The molecule has 5 rings (SSSR count). The molecule has 3 aromatic rings. The van der Waals surface area contributed by atoms with Gasteiger partial charge < -0.3 is 14.3 Å². The molecular weight excluding hydrogens is 446 g/mol. The van der Waals surface area contributed by atoms with E-state index in [1.54, 1.807) is 24.3 Å². The largest absolute Gasteiger partial charge is 0.459 e. The van der Waals surface area contributed by atoms with Crippen LogP contribution in [0, 0.1) is 11.8 Å². The second-order valence-electron chi connectivity index (χ2n) is 11.2. The average molecular weight is 485 g/mol. The van der Waals surface area contributed by atoms with E-state index in [2.05, 4.69) is 44.4 Å². The quantitative estimate of drug-likeness (QED) is 0.329. The van der Waals surface area contributed by atoms with Gasteiger partial charge in [-0.05, 0) is 42.4 Å². The maximum absolute atomic E-state index is 13.7. The summed E-state index contributed by atoms with van der Waals surface area (Å²) in [7, 11) is 4.69. The number of rotatable bonds is 9. The fraction of sp³-hybridized carbons (Fsp3) is 0.406. The molecule has 2 unspecified atom stereocenters. The first-order chi connectivity index (χ1) is 17.4. The molecule has 36 heavy (non-hydrogen) atoms. The second-order valence-corrected chi connectivity index (χ2v) is 11.2. The van der Waals surface area contributed by atoms with Gasteiger partial charge in [-0.1, -0.05) is 91.0 Å².